The highest BCUT2D eigenvalue weighted by molar-refractivity contribution is 6.20. The lowest BCUT2D eigenvalue weighted by atomic mass is 10.1. The molecule has 0 unspecified atom stereocenters. The molecule has 3 rings (SSSR count). The quantitative estimate of drug-likeness (QED) is 0.563. The number of hydrogen-bond acceptors (Lipinski definition) is 6. The van der Waals surface area contributed by atoms with E-state index in [4.69, 9.17) is 14.3 Å². The zero-order valence-electron chi connectivity index (χ0n) is 15.9. The molecule has 0 bridgehead atoms. The number of benzene rings is 2. The Hall–Kier alpha value is -3.19. The Kier molecular flexibility index (Phi) is 5.46. The summed E-state index contributed by atoms with van der Waals surface area (Å²) in [6.07, 6.45) is 0. The van der Waals surface area contributed by atoms with Gasteiger partial charge >= 0.3 is 5.97 Å². The highest BCUT2D eigenvalue weighted by Crippen LogP contribution is 2.25. The Morgan fingerprint density at radius 2 is 1.50 bits per heavy atom. The Morgan fingerprint density at radius 1 is 0.929 bits per heavy atom. The molecule has 0 N–H and O–H groups in total. The lowest BCUT2D eigenvalue weighted by Gasteiger charge is -2.20. The molecule has 0 atom stereocenters. The van der Waals surface area contributed by atoms with Gasteiger partial charge in [-0.3, -0.25) is 14.4 Å². The van der Waals surface area contributed by atoms with Gasteiger partial charge in [0.05, 0.1) is 11.1 Å². The van der Waals surface area contributed by atoms with Gasteiger partial charge in [-0.15, -0.1) is 5.06 Å². The van der Waals surface area contributed by atoms with Gasteiger partial charge in [0.15, 0.2) is 6.61 Å². The summed E-state index contributed by atoms with van der Waals surface area (Å²) in [6, 6.07) is 13.4. The van der Waals surface area contributed by atoms with E-state index in [0.717, 1.165) is 5.06 Å². The van der Waals surface area contributed by atoms with Crippen molar-refractivity contribution in [2.75, 3.05) is 6.61 Å². The molecule has 2 aromatic rings. The lowest BCUT2D eigenvalue weighted by molar-refractivity contribution is -0.157. The normalized spacial score (nSPS) is 13.5. The van der Waals surface area contributed by atoms with E-state index in [9.17, 15) is 14.4 Å². The smallest absolute Gasteiger partial charge is 0.344 e. The number of esters is 1. The maximum absolute atomic E-state index is 12.3. The molecule has 0 saturated heterocycles. The Labute approximate surface area is 162 Å². The second-order valence-corrected chi connectivity index (χ2v) is 7.21. The van der Waals surface area contributed by atoms with E-state index in [1.165, 1.54) is 0 Å². The summed E-state index contributed by atoms with van der Waals surface area (Å²) in [4.78, 5) is 42.0. The Bertz CT molecular complexity index is 880. The second-order valence-electron chi connectivity index (χ2n) is 7.21. The van der Waals surface area contributed by atoms with Gasteiger partial charge in [-0.1, -0.05) is 30.3 Å². The number of hydrogen-bond donors (Lipinski definition) is 0. The third-order valence-electron chi connectivity index (χ3n) is 3.84. The molecule has 2 aromatic carbocycles. The first-order chi connectivity index (χ1) is 13.3. The fourth-order valence-electron chi connectivity index (χ4n) is 2.69. The van der Waals surface area contributed by atoms with Crippen LogP contribution in [0.5, 0.6) is 5.75 Å². The number of imide groups is 1. The van der Waals surface area contributed by atoms with Crippen molar-refractivity contribution < 1.29 is 28.7 Å². The molecule has 28 heavy (non-hydrogen) atoms. The van der Waals surface area contributed by atoms with Crippen LogP contribution in [0.25, 0.3) is 0 Å². The third-order valence-corrected chi connectivity index (χ3v) is 3.84. The maximum atomic E-state index is 12.3. The molecule has 2 amide bonds. The SMILES string of the molecule is CC(C)(C)OC(=O)COc1ccccc1CON1C(=O)c2ccccc2C1=O. The second kappa shape index (κ2) is 7.82. The summed E-state index contributed by atoms with van der Waals surface area (Å²) in [5.41, 5.74) is 0.598. The molecular formula is C21H21NO6. The van der Waals surface area contributed by atoms with Gasteiger partial charge in [0, 0.05) is 5.56 Å². The van der Waals surface area contributed by atoms with Crippen LogP contribution in [0.4, 0.5) is 0 Å². The molecule has 7 nitrogen and oxygen atoms in total. The van der Waals surface area contributed by atoms with E-state index in [1.807, 2.05) is 0 Å². The predicted molar refractivity (Wildman–Crippen MR) is 99.5 cm³/mol. The molecule has 0 saturated carbocycles. The number of para-hydroxylation sites is 1. The van der Waals surface area contributed by atoms with Crippen molar-refractivity contribution in [3.63, 3.8) is 0 Å². The van der Waals surface area contributed by atoms with Gasteiger partial charge in [0.2, 0.25) is 0 Å². The highest BCUT2D eigenvalue weighted by Gasteiger charge is 2.36. The van der Waals surface area contributed by atoms with Crippen LogP contribution in [-0.2, 0) is 21.0 Å². The van der Waals surface area contributed by atoms with E-state index < -0.39 is 23.4 Å². The molecule has 1 heterocycles. The van der Waals surface area contributed by atoms with Crippen LogP contribution in [0.3, 0.4) is 0 Å². The first kappa shape index (κ1) is 19.6. The van der Waals surface area contributed by atoms with Crippen LogP contribution in [0.1, 0.15) is 47.1 Å². The van der Waals surface area contributed by atoms with Crippen molar-refractivity contribution >= 4 is 17.8 Å². The first-order valence-corrected chi connectivity index (χ1v) is 8.79. The number of rotatable bonds is 6. The zero-order valence-corrected chi connectivity index (χ0v) is 15.9. The van der Waals surface area contributed by atoms with Crippen LogP contribution in [0.15, 0.2) is 48.5 Å². The van der Waals surface area contributed by atoms with Crippen LogP contribution in [0.2, 0.25) is 0 Å². The van der Waals surface area contributed by atoms with E-state index in [-0.39, 0.29) is 13.2 Å². The molecule has 146 valence electrons. The fourth-order valence-corrected chi connectivity index (χ4v) is 2.69. The van der Waals surface area contributed by atoms with Gasteiger partial charge < -0.3 is 9.47 Å². The zero-order chi connectivity index (χ0) is 20.3. The van der Waals surface area contributed by atoms with Crippen molar-refractivity contribution in [3.8, 4) is 5.75 Å². The van der Waals surface area contributed by atoms with Gasteiger partial charge in [0.25, 0.3) is 11.8 Å². The molecule has 1 aliphatic rings. The van der Waals surface area contributed by atoms with Crippen LogP contribution in [0, 0.1) is 0 Å². The summed E-state index contributed by atoms with van der Waals surface area (Å²) >= 11 is 0. The molecule has 0 fully saturated rings. The van der Waals surface area contributed by atoms with E-state index in [2.05, 4.69) is 0 Å². The number of carbonyl (C=O) groups is 3. The minimum absolute atomic E-state index is 0.0735. The summed E-state index contributed by atoms with van der Waals surface area (Å²) in [5, 5.41) is 0.745. The number of ether oxygens (including phenoxy) is 2. The van der Waals surface area contributed by atoms with Crippen molar-refractivity contribution in [1.29, 1.82) is 0 Å². The number of nitrogens with zero attached hydrogens (tertiary/aromatic N) is 1. The number of hydroxylamine groups is 2. The van der Waals surface area contributed by atoms with Gasteiger partial charge in [-0.05, 0) is 39.0 Å². The summed E-state index contributed by atoms with van der Waals surface area (Å²) in [7, 11) is 0. The fraction of sp³-hybridized carbons (Fsp3) is 0.286. The number of amides is 2. The molecule has 1 aliphatic heterocycles. The molecule has 0 radical (unpaired) electrons. The first-order valence-electron chi connectivity index (χ1n) is 8.79. The number of fused-ring (bicyclic) bond motifs is 1. The Balaban J connectivity index is 1.64. The van der Waals surface area contributed by atoms with Crippen LogP contribution < -0.4 is 4.74 Å². The van der Waals surface area contributed by atoms with Crippen molar-refractivity contribution in [2.24, 2.45) is 0 Å². The molecule has 0 spiro atoms. The van der Waals surface area contributed by atoms with Gasteiger partial charge in [-0.2, -0.15) is 0 Å². The topological polar surface area (TPSA) is 82.1 Å². The van der Waals surface area contributed by atoms with Crippen molar-refractivity contribution in [3.05, 3.63) is 65.2 Å². The third kappa shape index (κ3) is 4.37. The van der Waals surface area contributed by atoms with Gasteiger partial charge in [-0.25, -0.2) is 4.79 Å². The maximum Gasteiger partial charge on any atom is 0.344 e. The van der Waals surface area contributed by atoms with E-state index in [1.54, 1.807) is 69.3 Å². The van der Waals surface area contributed by atoms with Crippen molar-refractivity contribution in [2.45, 2.75) is 33.0 Å². The molecule has 0 aliphatic carbocycles. The molecule has 0 aromatic heterocycles. The minimum atomic E-state index is -0.603. The molecular weight excluding hydrogens is 362 g/mol. The number of carbonyl (C=O) groups excluding carboxylic acids is 3. The largest absolute Gasteiger partial charge is 0.482 e. The van der Waals surface area contributed by atoms with Crippen LogP contribution >= 0.6 is 0 Å². The summed E-state index contributed by atoms with van der Waals surface area (Å²) < 4.78 is 10.7. The Morgan fingerprint density at radius 3 is 2.11 bits per heavy atom. The standard InChI is InChI=1S/C21H21NO6/c1-21(2,3)28-18(23)13-26-17-11-7-4-8-14(17)12-27-22-19(24)15-9-5-6-10-16(15)20(22)25/h4-11H,12-13H2,1-3H3. The van der Waals surface area contributed by atoms with Crippen LogP contribution in [-0.4, -0.2) is 35.1 Å². The van der Waals surface area contributed by atoms with Gasteiger partial charge in [0.1, 0.15) is 18.0 Å². The van der Waals surface area contributed by atoms with E-state index >= 15 is 0 Å². The molecule has 7 heteroatoms. The monoisotopic (exact) mass is 383 g/mol. The van der Waals surface area contributed by atoms with Crippen molar-refractivity contribution in [1.82, 2.24) is 5.06 Å². The minimum Gasteiger partial charge on any atom is -0.482 e. The van der Waals surface area contributed by atoms with E-state index in [0.29, 0.717) is 22.4 Å². The average Bonchev–Trinajstić information content (AvgIpc) is 2.88. The highest BCUT2D eigenvalue weighted by atomic mass is 16.7. The predicted octanol–water partition coefficient (Wildman–Crippen LogP) is 3.13. The average molecular weight is 383 g/mol. The lowest BCUT2D eigenvalue weighted by Crippen LogP contribution is -2.30. The summed E-state index contributed by atoms with van der Waals surface area (Å²) in [6.45, 7) is 4.98. The summed E-state index contributed by atoms with van der Waals surface area (Å²) in [5.74, 6) is -1.10.